The number of hydrazone groups is 1. The van der Waals surface area contributed by atoms with E-state index in [0.717, 1.165) is 5.12 Å². The van der Waals surface area contributed by atoms with Crippen LogP contribution in [0.15, 0.2) is 41.8 Å². The number of halogens is 2. The summed E-state index contributed by atoms with van der Waals surface area (Å²) in [6.07, 6.45) is 2.66. The summed E-state index contributed by atoms with van der Waals surface area (Å²) in [7, 11) is 1.54. The van der Waals surface area contributed by atoms with Crippen LogP contribution in [0.2, 0.25) is 0 Å². The lowest BCUT2D eigenvalue weighted by molar-refractivity contribution is -0.118. The van der Waals surface area contributed by atoms with E-state index in [-0.39, 0.29) is 30.9 Å². The molecule has 2 atom stereocenters. The smallest absolute Gasteiger partial charge is 0.248 e. The maximum atomic E-state index is 13.9. The molecular formula is C20H25F2N7O. The van der Waals surface area contributed by atoms with E-state index in [1.807, 2.05) is 0 Å². The lowest BCUT2D eigenvalue weighted by Gasteiger charge is -2.23. The lowest BCUT2D eigenvalue weighted by Crippen LogP contribution is -2.28. The summed E-state index contributed by atoms with van der Waals surface area (Å²) in [5.41, 5.74) is 7.82. The number of amides is 1. The third kappa shape index (κ3) is 5.26. The van der Waals surface area contributed by atoms with Crippen LogP contribution in [0, 0.1) is 12.8 Å². The highest BCUT2D eigenvalue weighted by Gasteiger charge is 2.45. The first-order valence-corrected chi connectivity index (χ1v) is 9.55. The number of hydrogen-bond donors (Lipinski definition) is 3. The number of nitrogens with one attached hydrogen (secondary N) is 1. The summed E-state index contributed by atoms with van der Waals surface area (Å²) in [6.45, 7) is 1.78. The summed E-state index contributed by atoms with van der Waals surface area (Å²) >= 11 is 0. The highest BCUT2D eigenvalue weighted by atomic mass is 19.3. The van der Waals surface area contributed by atoms with Crippen LogP contribution in [0.5, 0.6) is 0 Å². The molecule has 8 nitrogen and oxygen atoms in total. The van der Waals surface area contributed by atoms with Gasteiger partial charge in [0, 0.05) is 25.5 Å². The monoisotopic (exact) mass is 417 g/mol. The Morgan fingerprint density at radius 1 is 1.30 bits per heavy atom. The Labute approximate surface area is 173 Å². The number of benzene rings is 1. The molecule has 30 heavy (non-hydrogen) atoms. The van der Waals surface area contributed by atoms with Gasteiger partial charge in [0.25, 0.3) is 0 Å². The molecule has 0 saturated heterocycles. The molecule has 1 aromatic carbocycles. The van der Waals surface area contributed by atoms with E-state index >= 15 is 0 Å². The second-order valence-corrected chi connectivity index (χ2v) is 7.55. The minimum atomic E-state index is -2.77. The third-order valence-electron chi connectivity index (χ3n) is 5.06. The van der Waals surface area contributed by atoms with Crippen LogP contribution >= 0.6 is 0 Å². The fourth-order valence-electron chi connectivity index (χ4n) is 3.66. The Balaban J connectivity index is 1.87. The van der Waals surface area contributed by atoms with Gasteiger partial charge in [-0.15, -0.1) is 5.10 Å². The van der Waals surface area contributed by atoms with Gasteiger partial charge >= 0.3 is 0 Å². The fraction of sp³-hybridized carbons (Fsp3) is 0.400. The van der Waals surface area contributed by atoms with Gasteiger partial charge < -0.3 is 11.1 Å². The second-order valence-electron chi connectivity index (χ2n) is 7.55. The van der Waals surface area contributed by atoms with Gasteiger partial charge in [0.15, 0.2) is 11.7 Å². The largest absolute Gasteiger partial charge is 0.382 e. The van der Waals surface area contributed by atoms with E-state index in [9.17, 15) is 13.6 Å². The summed E-state index contributed by atoms with van der Waals surface area (Å²) < 4.78 is 27.8. The van der Waals surface area contributed by atoms with Crippen molar-refractivity contribution in [2.24, 2.45) is 22.6 Å². The molecule has 1 amide bonds. The van der Waals surface area contributed by atoms with Gasteiger partial charge in [0.1, 0.15) is 0 Å². The number of hydrazine groups is 1. The number of aryl methyl sites for hydroxylation is 1. The molecule has 0 bridgehead atoms. The molecule has 1 aromatic heterocycles. The number of nitrogens with two attached hydrogens (primary N) is 2. The zero-order valence-corrected chi connectivity index (χ0v) is 16.8. The molecule has 5 N–H and O–H groups in total. The Morgan fingerprint density at radius 2 is 2.00 bits per heavy atom. The van der Waals surface area contributed by atoms with Gasteiger partial charge in [-0.05, 0) is 24.8 Å². The van der Waals surface area contributed by atoms with Crippen LogP contribution in [0.3, 0.4) is 0 Å². The Hall–Kier alpha value is -3.14. The first-order chi connectivity index (χ1) is 14.1. The summed E-state index contributed by atoms with van der Waals surface area (Å²) in [5, 5.41) is 7.72. The zero-order chi connectivity index (χ0) is 21.9. The molecule has 1 fully saturated rings. The molecule has 0 aliphatic heterocycles. The number of amidine groups is 1. The van der Waals surface area contributed by atoms with E-state index in [1.165, 1.54) is 19.4 Å². The molecule has 10 heteroatoms. The first kappa shape index (κ1) is 21.6. The molecule has 1 saturated carbocycles. The maximum Gasteiger partial charge on any atom is 0.248 e. The molecule has 1 aliphatic carbocycles. The van der Waals surface area contributed by atoms with Gasteiger partial charge in [-0.25, -0.2) is 24.7 Å². The molecule has 1 aliphatic rings. The van der Waals surface area contributed by atoms with Crippen LogP contribution in [0.4, 0.5) is 14.6 Å². The van der Waals surface area contributed by atoms with Crippen LogP contribution < -0.4 is 16.9 Å². The number of rotatable bonds is 6. The van der Waals surface area contributed by atoms with Crippen molar-refractivity contribution in [3.8, 4) is 0 Å². The third-order valence-corrected chi connectivity index (χ3v) is 5.06. The number of aromatic nitrogens is 2. The maximum absolute atomic E-state index is 13.9. The lowest BCUT2D eigenvalue weighted by atomic mass is 9.83. The second kappa shape index (κ2) is 8.70. The summed E-state index contributed by atoms with van der Waals surface area (Å²) in [6, 6.07) is 6.79. The summed E-state index contributed by atoms with van der Waals surface area (Å²) in [4.78, 5) is 21.3. The minimum absolute atomic E-state index is 0.204. The quantitative estimate of drug-likeness (QED) is 0.287. The van der Waals surface area contributed by atoms with Gasteiger partial charge in [-0.2, -0.15) is 0 Å². The molecule has 3 rings (SSSR count). The van der Waals surface area contributed by atoms with Crippen molar-refractivity contribution >= 4 is 17.6 Å². The highest BCUT2D eigenvalue weighted by molar-refractivity contribution is 5.98. The van der Waals surface area contributed by atoms with Gasteiger partial charge in [0.2, 0.25) is 11.8 Å². The van der Waals surface area contributed by atoms with E-state index in [1.54, 1.807) is 31.2 Å². The van der Waals surface area contributed by atoms with E-state index in [4.69, 9.17) is 11.6 Å². The van der Waals surface area contributed by atoms with E-state index < -0.39 is 23.7 Å². The van der Waals surface area contributed by atoms with Crippen molar-refractivity contribution in [2.45, 2.75) is 38.0 Å². The molecule has 2 unspecified atom stereocenters. The van der Waals surface area contributed by atoms with Crippen molar-refractivity contribution in [3.05, 3.63) is 53.5 Å². The minimum Gasteiger partial charge on any atom is -0.382 e. The first-order valence-electron chi connectivity index (χ1n) is 9.55. The van der Waals surface area contributed by atoms with Crippen molar-refractivity contribution in [1.82, 2.24) is 15.1 Å². The normalized spacial score (nSPS) is 19.4. The van der Waals surface area contributed by atoms with Crippen LogP contribution in [0.1, 0.15) is 42.0 Å². The van der Waals surface area contributed by atoms with Gasteiger partial charge in [0.05, 0.1) is 24.0 Å². The van der Waals surface area contributed by atoms with Crippen molar-refractivity contribution in [1.29, 1.82) is 0 Å². The summed E-state index contributed by atoms with van der Waals surface area (Å²) in [5.74, 6) is 1.53. The van der Waals surface area contributed by atoms with Gasteiger partial charge in [-0.3, -0.25) is 9.78 Å². The van der Waals surface area contributed by atoms with Crippen LogP contribution in [0.25, 0.3) is 0 Å². The molecule has 160 valence electrons. The Kier molecular flexibility index (Phi) is 6.25. The molecule has 0 radical (unpaired) electrons. The Morgan fingerprint density at radius 3 is 2.53 bits per heavy atom. The SMILES string of the molecule is Cc1cnc(NC(=O)C(c2ccc(/C(N)=N/N(C)N)cc2)C2CCC(F)(F)C2)cn1. The van der Waals surface area contributed by atoms with Crippen molar-refractivity contribution < 1.29 is 13.6 Å². The number of nitrogens with zero attached hydrogens (tertiary/aromatic N) is 4. The van der Waals surface area contributed by atoms with E-state index in [0.29, 0.717) is 16.8 Å². The average Bonchev–Trinajstić information content (AvgIpc) is 3.03. The number of anilines is 1. The number of carbonyl (C=O) groups is 1. The molecule has 2 aromatic rings. The predicted octanol–water partition coefficient (Wildman–Crippen LogP) is 2.37. The Bertz CT molecular complexity index is 914. The van der Waals surface area contributed by atoms with Crippen LogP contribution in [-0.2, 0) is 4.79 Å². The standard InChI is InChI=1S/C20H25F2N7O/c1-12-10-26-16(11-25-12)27-19(30)17(15-7-8-20(21,22)9-15)13-3-5-14(6-4-13)18(23)28-29(2)24/h3-6,10-11,15,17H,7-9,24H2,1-2H3,(H2,23,28)(H,26,27,30). The molecule has 0 spiro atoms. The van der Waals surface area contributed by atoms with Gasteiger partial charge in [-0.1, -0.05) is 24.3 Å². The molecule has 1 heterocycles. The average molecular weight is 417 g/mol. The van der Waals surface area contributed by atoms with Crippen molar-refractivity contribution in [2.75, 3.05) is 12.4 Å². The zero-order valence-electron chi connectivity index (χ0n) is 16.8. The van der Waals surface area contributed by atoms with E-state index in [2.05, 4.69) is 20.4 Å². The highest BCUT2D eigenvalue weighted by Crippen LogP contribution is 2.45. The predicted molar refractivity (Wildman–Crippen MR) is 110 cm³/mol. The fourth-order valence-corrected chi connectivity index (χ4v) is 3.66. The number of carbonyl (C=O) groups excluding carboxylic acids is 1. The number of hydrogen-bond acceptors (Lipinski definition) is 6. The van der Waals surface area contributed by atoms with Crippen LogP contribution in [-0.4, -0.2) is 39.8 Å². The van der Waals surface area contributed by atoms with Crippen molar-refractivity contribution in [3.63, 3.8) is 0 Å². The molecular weight excluding hydrogens is 392 g/mol. The number of alkyl halides is 2. The topological polar surface area (TPSA) is 123 Å².